The lowest BCUT2D eigenvalue weighted by molar-refractivity contribution is -0.133. The number of carbonyl (C=O) groups is 1. The lowest BCUT2D eigenvalue weighted by atomic mass is 9.97. The molecule has 1 saturated heterocycles. The molecule has 7 heteroatoms. The summed E-state index contributed by atoms with van der Waals surface area (Å²) in [6.07, 6.45) is 8.19. The van der Waals surface area contributed by atoms with Crippen molar-refractivity contribution >= 4 is 45.6 Å². The Morgan fingerprint density at radius 2 is 2.06 bits per heavy atom. The standard InChI is InChI=1S/C26H28Cl2N4O/c1-17(22-8-7-21(27)15-23(22)28)32-25-14-19(5-6-20(25)16-30-32)18-9-12-31(13-10-18)26(33)24-4-2-3-11-29-24/h5-9,14-17,24,29H,2-4,10-13H2,1H3/t17-,24-/m1/s1. The summed E-state index contributed by atoms with van der Waals surface area (Å²) in [7, 11) is 0. The Bertz CT molecular complexity index is 1210. The second-order valence-electron chi connectivity index (χ2n) is 8.97. The normalized spacial score (nSPS) is 20.0. The van der Waals surface area contributed by atoms with Gasteiger partial charge in [0.05, 0.1) is 23.8 Å². The van der Waals surface area contributed by atoms with Gasteiger partial charge in [0.15, 0.2) is 0 Å². The predicted molar refractivity (Wildman–Crippen MR) is 135 cm³/mol. The second kappa shape index (κ2) is 9.49. The molecule has 0 radical (unpaired) electrons. The number of hydrogen-bond donors (Lipinski definition) is 1. The minimum atomic E-state index is -0.0287. The fraction of sp³-hybridized carbons (Fsp3) is 0.385. The summed E-state index contributed by atoms with van der Waals surface area (Å²) in [6, 6.07) is 12.0. The lowest BCUT2D eigenvalue weighted by Crippen LogP contribution is -2.49. The van der Waals surface area contributed by atoms with Crippen molar-refractivity contribution in [1.82, 2.24) is 20.0 Å². The Morgan fingerprint density at radius 1 is 1.18 bits per heavy atom. The summed E-state index contributed by atoms with van der Waals surface area (Å²) in [5.74, 6) is 0.243. The molecule has 172 valence electrons. The highest BCUT2D eigenvalue weighted by molar-refractivity contribution is 6.35. The zero-order valence-electron chi connectivity index (χ0n) is 18.7. The third-order valence-corrected chi connectivity index (χ3v) is 7.44. The van der Waals surface area contributed by atoms with E-state index in [1.807, 2.05) is 27.9 Å². The molecule has 2 aromatic carbocycles. The molecule has 0 unspecified atom stereocenters. The number of benzene rings is 2. The van der Waals surface area contributed by atoms with E-state index < -0.39 is 0 Å². The molecule has 5 rings (SSSR count). The fourth-order valence-corrected chi connectivity index (χ4v) is 5.50. The van der Waals surface area contributed by atoms with Crippen LogP contribution >= 0.6 is 23.2 Å². The fourth-order valence-electron chi connectivity index (χ4n) is 4.93. The Morgan fingerprint density at radius 3 is 2.79 bits per heavy atom. The molecule has 0 aliphatic carbocycles. The van der Waals surface area contributed by atoms with Crippen LogP contribution in [0.15, 0.2) is 48.7 Å². The van der Waals surface area contributed by atoms with E-state index in [9.17, 15) is 4.79 Å². The number of nitrogens with one attached hydrogen (secondary N) is 1. The molecular weight excluding hydrogens is 455 g/mol. The van der Waals surface area contributed by atoms with Crippen molar-refractivity contribution in [2.45, 2.75) is 44.7 Å². The summed E-state index contributed by atoms with van der Waals surface area (Å²) in [5, 5.41) is 10.4. The van der Waals surface area contributed by atoms with E-state index in [-0.39, 0.29) is 18.0 Å². The van der Waals surface area contributed by atoms with Gasteiger partial charge >= 0.3 is 0 Å². The predicted octanol–water partition coefficient (Wildman–Crippen LogP) is 5.71. The maximum absolute atomic E-state index is 12.8. The topological polar surface area (TPSA) is 50.2 Å². The minimum Gasteiger partial charge on any atom is -0.337 e. The van der Waals surface area contributed by atoms with Crippen molar-refractivity contribution in [3.05, 3.63) is 69.8 Å². The van der Waals surface area contributed by atoms with E-state index in [4.69, 9.17) is 23.2 Å². The van der Waals surface area contributed by atoms with Gasteiger partial charge in [-0.1, -0.05) is 53.9 Å². The van der Waals surface area contributed by atoms with Crippen LogP contribution in [0.5, 0.6) is 0 Å². The second-order valence-corrected chi connectivity index (χ2v) is 9.81. The van der Waals surface area contributed by atoms with Crippen LogP contribution < -0.4 is 5.32 Å². The van der Waals surface area contributed by atoms with Gasteiger partial charge in [-0.25, -0.2) is 0 Å². The average Bonchev–Trinajstić information content (AvgIpc) is 3.27. The summed E-state index contributed by atoms with van der Waals surface area (Å²) in [5.41, 5.74) is 4.51. The number of hydrogen-bond acceptors (Lipinski definition) is 3. The van der Waals surface area contributed by atoms with Gasteiger partial charge in [-0.15, -0.1) is 0 Å². The smallest absolute Gasteiger partial charge is 0.239 e. The van der Waals surface area contributed by atoms with Crippen LogP contribution in [0, 0.1) is 0 Å². The first-order valence-corrected chi connectivity index (χ1v) is 12.4. The Hall–Kier alpha value is -2.34. The first-order chi connectivity index (χ1) is 16.0. The average molecular weight is 483 g/mol. The van der Waals surface area contributed by atoms with Crippen LogP contribution in [0.1, 0.15) is 49.8 Å². The zero-order valence-corrected chi connectivity index (χ0v) is 20.2. The SMILES string of the molecule is C[C@H](c1ccc(Cl)cc1Cl)n1ncc2ccc(C3=CCN(C(=O)[C@H]4CCCCN4)CC3)cc21. The minimum absolute atomic E-state index is 0.0134. The maximum Gasteiger partial charge on any atom is 0.239 e. The highest BCUT2D eigenvalue weighted by Crippen LogP contribution is 2.32. The zero-order chi connectivity index (χ0) is 22.9. The number of nitrogens with zero attached hydrogens (tertiary/aromatic N) is 3. The van der Waals surface area contributed by atoms with Gasteiger partial charge < -0.3 is 10.2 Å². The van der Waals surface area contributed by atoms with Gasteiger partial charge in [0.1, 0.15) is 0 Å². The molecule has 1 aromatic heterocycles. The van der Waals surface area contributed by atoms with Crippen molar-refractivity contribution in [3.63, 3.8) is 0 Å². The van der Waals surface area contributed by atoms with Crippen LogP contribution in [0.4, 0.5) is 0 Å². The van der Waals surface area contributed by atoms with Crippen LogP contribution in [-0.2, 0) is 4.79 Å². The Labute approximate surface area is 204 Å². The molecule has 1 amide bonds. The first-order valence-electron chi connectivity index (χ1n) is 11.6. The van der Waals surface area contributed by atoms with Gasteiger partial charge in [0, 0.05) is 28.5 Å². The lowest BCUT2D eigenvalue weighted by Gasteiger charge is -2.32. The molecule has 0 saturated carbocycles. The summed E-state index contributed by atoms with van der Waals surface area (Å²) in [4.78, 5) is 14.8. The molecule has 1 fully saturated rings. The van der Waals surface area contributed by atoms with Gasteiger partial charge in [-0.3, -0.25) is 9.48 Å². The molecule has 1 N–H and O–H groups in total. The third-order valence-electron chi connectivity index (χ3n) is 6.88. The Kier molecular flexibility index (Phi) is 6.46. The van der Waals surface area contributed by atoms with Crippen LogP contribution in [0.3, 0.4) is 0 Å². The maximum atomic E-state index is 12.8. The van der Waals surface area contributed by atoms with Gasteiger partial charge in [0.2, 0.25) is 5.91 Å². The van der Waals surface area contributed by atoms with Crippen LogP contribution in [-0.4, -0.2) is 46.3 Å². The van der Waals surface area contributed by atoms with Crippen molar-refractivity contribution < 1.29 is 4.79 Å². The van der Waals surface area contributed by atoms with E-state index in [1.54, 1.807) is 6.07 Å². The van der Waals surface area contributed by atoms with Crippen molar-refractivity contribution in [3.8, 4) is 0 Å². The molecule has 3 heterocycles. The van der Waals surface area contributed by atoms with Gasteiger partial charge in [-0.2, -0.15) is 5.10 Å². The number of piperidine rings is 1. The summed E-state index contributed by atoms with van der Waals surface area (Å²) < 4.78 is 2.02. The van der Waals surface area contributed by atoms with E-state index in [1.165, 1.54) is 11.1 Å². The van der Waals surface area contributed by atoms with Crippen molar-refractivity contribution in [2.75, 3.05) is 19.6 Å². The van der Waals surface area contributed by atoms with Crippen LogP contribution in [0.2, 0.25) is 10.0 Å². The van der Waals surface area contributed by atoms with E-state index in [2.05, 4.69) is 41.6 Å². The molecule has 33 heavy (non-hydrogen) atoms. The van der Waals surface area contributed by atoms with E-state index in [0.717, 1.165) is 55.2 Å². The number of halogens is 2. The molecule has 0 bridgehead atoms. The molecule has 2 aliphatic rings. The number of rotatable bonds is 4. The van der Waals surface area contributed by atoms with Crippen molar-refractivity contribution in [2.24, 2.45) is 0 Å². The molecule has 2 aliphatic heterocycles. The summed E-state index contributed by atoms with van der Waals surface area (Å²) in [6.45, 7) is 4.47. The number of aromatic nitrogens is 2. The highest BCUT2D eigenvalue weighted by atomic mass is 35.5. The molecule has 2 atom stereocenters. The van der Waals surface area contributed by atoms with Crippen LogP contribution in [0.25, 0.3) is 16.5 Å². The quantitative estimate of drug-likeness (QED) is 0.517. The molecular formula is C26H28Cl2N4O. The number of amides is 1. The molecule has 5 nitrogen and oxygen atoms in total. The monoisotopic (exact) mass is 482 g/mol. The largest absolute Gasteiger partial charge is 0.337 e. The molecule has 3 aromatic rings. The Balaban J connectivity index is 1.37. The highest BCUT2D eigenvalue weighted by Gasteiger charge is 2.27. The van der Waals surface area contributed by atoms with Gasteiger partial charge in [0.25, 0.3) is 0 Å². The molecule has 0 spiro atoms. The van der Waals surface area contributed by atoms with Gasteiger partial charge in [-0.05, 0) is 67.6 Å². The van der Waals surface area contributed by atoms with E-state index in [0.29, 0.717) is 16.6 Å². The number of carbonyl (C=O) groups excluding carboxylic acids is 1. The first kappa shape index (κ1) is 22.5. The third kappa shape index (κ3) is 4.54. The summed E-state index contributed by atoms with van der Waals surface area (Å²) >= 11 is 12.6. The van der Waals surface area contributed by atoms with Crippen molar-refractivity contribution in [1.29, 1.82) is 0 Å². The number of fused-ring (bicyclic) bond motifs is 1. The van der Waals surface area contributed by atoms with E-state index >= 15 is 0 Å².